The molecule has 0 radical (unpaired) electrons. The topological polar surface area (TPSA) is 37.9 Å². The van der Waals surface area contributed by atoms with E-state index in [4.69, 9.17) is 4.74 Å². The van der Waals surface area contributed by atoms with E-state index in [1.165, 1.54) is 5.56 Å². The van der Waals surface area contributed by atoms with Crippen LogP contribution in [-0.2, 0) is 5.41 Å². The van der Waals surface area contributed by atoms with Crippen LogP contribution in [0.5, 0.6) is 5.75 Å². The van der Waals surface area contributed by atoms with Gasteiger partial charge < -0.3 is 9.72 Å². The molecule has 3 aromatic rings. The number of fused-ring (bicyclic) bond motifs is 1. The molecule has 2 aromatic carbocycles. The normalized spacial score (nSPS) is 11.8. The first kappa shape index (κ1) is 13.7. The molecule has 21 heavy (non-hydrogen) atoms. The maximum atomic E-state index is 5.36. The molecule has 3 nitrogen and oxygen atoms in total. The zero-order valence-corrected chi connectivity index (χ0v) is 12.9. The summed E-state index contributed by atoms with van der Waals surface area (Å²) in [5, 5.41) is 0. The molecule has 0 saturated heterocycles. The lowest BCUT2D eigenvalue weighted by molar-refractivity contribution is 0.419. The molecule has 0 bridgehead atoms. The summed E-state index contributed by atoms with van der Waals surface area (Å²) < 4.78 is 5.36. The number of H-pyrrole nitrogens is 1. The van der Waals surface area contributed by atoms with Crippen LogP contribution in [0.3, 0.4) is 0 Å². The van der Waals surface area contributed by atoms with E-state index in [0.717, 1.165) is 28.2 Å². The number of nitrogens with zero attached hydrogens (tertiary/aromatic N) is 1. The molecular weight excluding hydrogens is 260 g/mol. The van der Waals surface area contributed by atoms with Crippen LogP contribution in [-0.4, -0.2) is 17.1 Å². The number of para-hydroxylation sites is 1. The average molecular weight is 280 g/mol. The van der Waals surface area contributed by atoms with Crippen molar-refractivity contribution in [2.24, 2.45) is 0 Å². The molecule has 1 N–H and O–H groups in total. The maximum absolute atomic E-state index is 5.36. The predicted octanol–water partition coefficient (Wildman–Crippen LogP) is 4.54. The molecule has 0 amide bonds. The van der Waals surface area contributed by atoms with E-state index in [-0.39, 0.29) is 5.41 Å². The highest BCUT2D eigenvalue weighted by atomic mass is 16.5. The monoisotopic (exact) mass is 280 g/mol. The van der Waals surface area contributed by atoms with Crippen LogP contribution in [0.25, 0.3) is 22.4 Å². The highest BCUT2D eigenvalue weighted by Crippen LogP contribution is 2.28. The minimum atomic E-state index is 0.162. The van der Waals surface area contributed by atoms with Gasteiger partial charge in [-0.3, -0.25) is 0 Å². The van der Waals surface area contributed by atoms with Crippen LogP contribution in [0.2, 0.25) is 0 Å². The summed E-state index contributed by atoms with van der Waals surface area (Å²) in [4.78, 5) is 8.02. The molecule has 3 rings (SSSR count). The third kappa shape index (κ3) is 2.51. The third-order valence-electron chi connectivity index (χ3n) is 3.72. The van der Waals surface area contributed by atoms with Crippen LogP contribution < -0.4 is 4.74 Å². The molecular formula is C18H20N2O. The molecule has 0 aliphatic rings. The van der Waals surface area contributed by atoms with Gasteiger partial charge in [-0.25, -0.2) is 4.98 Å². The minimum Gasteiger partial charge on any atom is -0.494 e. The number of rotatable bonds is 2. The van der Waals surface area contributed by atoms with Crippen molar-refractivity contribution in [1.29, 1.82) is 0 Å². The summed E-state index contributed by atoms with van der Waals surface area (Å²) in [6.45, 7) is 6.65. The Morgan fingerprint density at radius 3 is 2.33 bits per heavy atom. The van der Waals surface area contributed by atoms with Crippen molar-refractivity contribution in [1.82, 2.24) is 9.97 Å². The number of methoxy groups -OCH3 is 1. The van der Waals surface area contributed by atoms with E-state index in [0.29, 0.717) is 0 Å². The molecule has 3 heteroatoms. The molecule has 0 atom stereocenters. The summed E-state index contributed by atoms with van der Waals surface area (Å²) in [6, 6.07) is 14.5. The highest BCUT2D eigenvalue weighted by Gasteiger charge is 2.14. The van der Waals surface area contributed by atoms with Gasteiger partial charge in [0.1, 0.15) is 17.1 Å². The number of hydrogen-bond donors (Lipinski definition) is 1. The molecule has 0 fully saturated rings. The highest BCUT2D eigenvalue weighted by molar-refractivity contribution is 5.84. The van der Waals surface area contributed by atoms with Crippen molar-refractivity contribution in [3.8, 4) is 17.1 Å². The van der Waals surface area contributed by atoms with E-state index >= 15 is 0 Å². The van der Waals surface area contributed by atoms with E-state index in [1.807, 2.05) is 18.2 Å². The molecule has 0 aliphatic heterocycles. The Bertz CT molecular complexity index is 764. The Hall–Kier alpha value is -2.29. The standard InChI is InChI=1S/C18H20N2O/c1-18(2,3)13-10-8-12(9-11-13)17-19-14-6-5-7-15(21-4)16(14)20-17/h5-11H,1-4H3,(H,19,20). The number of aromatic amines is 1. The zero-order chi connectivity index (χ0) is 15.0. The van der Waals surface area contributed by atoms with Gasteiger partial charge in [0.05, 0.1) is 12.6 Å². The Labute approximate surface area is 125 Å². The van der Waals surface area contributed by atoms with Gasteiger partial charge in [0.25, 0.3) is 0 Å². The Morgan fingerprint density at radius 2 is 1.71 bits per heavy atom. The van der Waals surface area contributed by atoms with Crippen LogP contribution in [0.1, 0.15) is 26.3 Å². The van der Waals surface area contributed by atoms with Gasteiger partial charge in [0.2, 0.25) is 0 Å². The van der Waals surface area contributed by atoms with Crippen molar-refractivity contribution in [2.45, 2.75) is 26.2 Å². The molecule has 0 spiro atoms. The number of hydrogen-bond acceptors (Lipinski definition) is 2. The molecule has 0 saturated carbocycles. The van der Waals surface area contributed by atoms with Gasteiger partial charge in [0, 0.05) is 5.56 Å². The van der Waals surface area contributed by atoms with Crippen molar-refractivity contribution < 1.29 is 4.74 Å². The SMILES string of the molecule is COc1cccc2[nH]c(-c3ccc(C(C)(C)C)cc3)nc12. The predicted molar refractivity (Wildman–Crippen MR) is 86.8 cm³/mol. The summed E-state index contributed by atoms with van der Waals surface area (Å²) in [7, 11) is 1.67. The fourth-order valence-corrected chi connectivity index (χ4v) is 2.44. The second-order valence-corrected chi connectivity index (χ2v) is 6.27. The van der Waals surface area contributed by atoms with E-state index in [9.17, 15) is 0 Å². The maximum Gasteiger partial charge on any atom is 0.146 e. The van der Waals surface area contributed by atoms with Crippen LogP contribution in [0.15, 0.2) is 42.5 Å². The van der Waals surface area contributed by atoms with Crippen LogP contribution in [0.4, 0.5) is 0 Å². The van der Waals surface area contributed by atoms with E-state index < -0.39 is 0 Å². The zero-order valence-electron chi connectivity index (χ0n) is 12.9. The van der Waals surface area contributed by atoms with Crippen LogP contribution >= 0.6 is 0 Å². The first-order chi connectivity index (χ1) is 9.99. The molecule has 108 valence electrons. The van der Waals surface area contributed by atoms with Gasteiger partial charge in [-0.1, -0.05) is 51.1 Å². The third-order valence-corrected chi connectivity index (χ3v) is 3.72. The van der Waals surface area contributed by atoms with E-state index in [1.54, 1.807) is 7.11 Å². The number of nitrogens with one attached hydrogen (secondary N) is 1. The molecule has 1 heterocycles. The number of benzene rings is 2. The fourth-order valence-electron chi connectivity index (χ4n) is 2.44. The number of imidazole rings is 1. The Morgan fingerprint density at radius 1 is 1.00 bits per heavy atom. The number of aromatic nitrogens is 2. The largest absolute Gasteiger partial charge is 0.494 e. The van der Waals surface area contributed by atoms with Gasteiger partial charge in [-0.2, -0.15) is 0 Å². The smallest absolute Gasteiger partial charge is 0.146 e. The quantitative estimate of drug-likeness (QED) is 0.748. The first-order valence-electron chi connectivity index (χ1n) is 7.12. The Balaban J connectivity index is 2.04. The second kappa shape index (κ2) is 4.92. The lowest BCUT2D eigenvalue weighted by Gasteiger charge is -2.18. The lowest BCUT2D eigenvalue weighted by atomic mass is 9.87. The van der Waals surface area contributed by atoms with Gasteiger partial charge in [-0.15, -0.1) is 0 Å². The average Bonchev–Trinajstić information content (AvgIpc) is 2.90. The van der Waals surface area contributed by atoms with E-state index in [2.05, 4.69) is 55.0 Å². The van der Waals surface area contributed by atoms with Crippen LogP contribution in [0, 0.1) is 0 Å². The minimum absolute atomic E-state index is 0.162. The first-order valence-corrected chi connectivity index (χ1v) is 7.12. The van der Waals surface area contributed by atoms with Crippen molar-refractivity contribution in [3.63, 3.8) is 0 Å². The second-order valence-electron chi connectivity index (χ2n) is 6.27. The van der Waals surface area contributed by atoms with Crippen molar-refractivity contribution >= 4 is 11.0 Å². The van der Waals surface area contributed by atoms with Gasteiger partial charge >= 0.3 is 0 Å². The van der Waals surface area contributed by atoms with Gasteiger partial charge in [-0.05, 0) is 23.1 Å². The lowest BCUT2D eigenvalue weighted by Crippen LogP contribution is -2.10. The Kier molecular flexibility index (Phi) is 3.20. The molecule has 1 aromatic heterocycles. The molecule has 0 aliphatic carbocycles. The summed E-state index contributed by atoms with van der Waals surface area (Å²) in [5.74, 6) is 1.66. The van der Waals surface area contributed by atoms with Crippen molar-refractivity contribution in [2.75, 3.05) is 7.11 Å². The summed E-state index contributed by atoms with van der Waals surface area (Å²) in [6.07, 6.45) is 0. The summed E-state index contributed by atoms with van der Waals surface area (Å²) >= 11 is 0. The van der Waals surface area contributed by atoms with Gasteiger partial charge in [0.15, 0.2) is 0 Å². The number of ether oxygens (including phenoxy) is 1. The van der Waals surface area contributed by atoms with Crippen molar-refractivity contribution in [3.05, 3.63) is 48.0 Å². The molecule has 0 unspecified atom stereocenters. The fraction of sp³-hybridized carbons (Fsp3) is 0.278. The summed E-state index contributed by atoms with van der Waals surface area (Å²) in [5.41, 5.74) is 4.43.